The van der Waals surface area contributed by atoms with E-state index in [0.717, 1.165) is 11.4 Å². The van der Waals surface area contributed by atoms with Gasteiger partial charge >= 0.3 is 0 Å². The van der Waals surface area contributed by atoms with Gasteiger partial charge in [0.25, 0.3) is 5.91 Å². The van der Waals surface area contributed by atoms with E-state index < -0.39 is 0 Å². The Morgan fingerprint density at radius 2 is 1.50 bits per heavy atom. The van der Waals surface area contributed by atoms with Crippen LogP contribution in [0.4, 0.5) is 5.82 Å². The van der Waals surface area contributed by atoms with E-state index in [1.807, 2.05) is 36.4 Å². The molecular weight excluding hydrogens is 464 g/mol. The van der Waals surface area contributed by atoms with Crippen molar-refractivity contribution in [3.8, 4) is 40.0 Å². The van der Waals surface area contributed by atoms with Crippen molar-refractivity contribution < 1.29 is 28.5 Å². The van der Waals surface area contributed by atoms with E-state index in [1.165, 1.54) is 0 Å². The van der Waals surface area contributed by atoms with Crippen molar-refractivity contribution in [3.63, 3.8) is 0 Å². The first-order valence-corrected chi connectivity index (χ1v) is 11.5. The predicted octanol–water partition coefficient (Wildman–Crippen LogP) is 2.91. The molecule has 4 rings (SSSR count). The number of piperazine rings is 1. The molecule has 0 N–H and O–H groups in total. The summed E-state index contributed by atoms with van der Waals surface area (Å²) in [6.45, 7) is 2.45. The van der Waals surface area contributed by atoms with Gasteiger partial charge in [0, 0.05) is 37.8 Å². The molecular formula is C26H30N4O6. The summed E-state index contributed by atoms with van der Waals surface area (Å²) in [5.41, 5.74) is 1.48. The quantitative estimate of drug-likeness (QED) is 0.445. The van der Waals surface area contributed by atoms with Crippen LogP contribution in [-0.4, -0.2) is 82.2 Å². The van der Waals surface area contributed by atoms with Gasteiger partial charge in [-0.05, 0) is 36.4 Å². The minimum atomic E-state index is -0.0543. The Kier molecular flexibility index (Phi) is 7.94. The molecule has 1 aliphatic heterocycles. The number of amides is 1. The molecule has 0 saturated carbocycles. The zero-order chi connectivity index (χ0) is 25.5. The topological polar surface area (TPSA) is 95.5 Å². The molecule has 36 heavy (non-hydrogen) atoms. The fraction of sp³-hybridized carbons (Fsp3) is 0.346. The Hall–Kier alpha value is -4.21. The van der Waals surface area contributed by atoms with Crippen molar-refractivity contribution in [2.24, 2.45) is 0 Å². The minimum absolute atomic E-state index is 0.0174. The van der Waals surface area contributed by atoms with Crippen LogP contribution in [0.1, 0.15) is 0 Å². The number of carbonyl (C=O) groups is 1. The van der Waals surface area contributed by atoms with Crippen molar-refractivity contribution in [1.82, 2.24) is 15.1 Å². The number of ether oxygens (including phenoxy) is 5. The molecule has 1 aliphatic rings. The second-order valence-corrected chi connectivity index (χ2v) is 8.03. The molecule has 1 saturated heterocycles. The highest BCUT2D eigenvalue weighted by Crippen LogP contribution is 2.40. The van der Waals surface area contributed by atoms with Crippen molar-refractivity contribution in [2.45, 2.75) is 0 Å². The third kappa shape index (κ3) is 5.54. The Balaban J connectivity index is 1.35. The number of carbonyl (C=O) groups excluding carboxylic acids is 1. The monoisotopic (exact) mass is 494 g/mol. The van der Waals surface area contributed by atoms with Gasteiger partial charge < -0.3 is 33.5 Å². The minimum Gasteiger partial charge on any atom is -0.497 e. The maximum atomic E-state index is 12.6. The van der Waals surface area contributed by atoms with Crippen molar-refractivity contribution in [3.05, 3.63) is 48.5 Å². The van der Waals surface area contributed by atoms with Crippen LogP contribution in [0, 0.1) is 0 Å². The third-order valence-corrected chi connectivity index (χ3v) is 5.97. The van der Waals surface area contributed by atoms with E-state index in [1.54, 1.807) is 45.5 Å². The fourth-order valence-corrected chi connectivity index (χ4v) is 3.99. The average Bonchev–Trinajstić information content (AvgIpc) is 2.95. The molecule has 1 fully saturated rings. The number of methoxy groups -OCH3 is 4. The summed E-state index contributed by atoms with van der Waals surface area (Å²) in [4.78, 5) is 16.5. The molecule has 1 amide bonds. The maximum Gasteiger partial charge on any atom is 0.260 e. The van der Waals surface area contributed by atoms with Crippen LogP contribution in [0.25, 0.3) is 11.3 Å². The normalized spacial score (nSPS) is 13.2. The van der Waals surface area contributed by atoms with Gasteiger partial charge in [0.05, 0.1) is 34.1 Å². The van der Waals surface area contributed by atoms with Gasteiger partial charge in [0.15, 0.2) is 23.9 Å². The van der Waals surface area contributed by atoms with E-state index in [-0.39, 0.29) is 12.5 Å². The summed E-state index contributed by atoms with van der Waals surface area (Å²) < 4.78 is 27.1. The molecule has 0 radical (unpaired) electrons. The molecule has 0 bridgehead atoms. The Morgan fingerprint density at radius 1 is 0.806 bits per heavy atom. The standard InChI is InChI=1S/C26H30N4O6/c1-32-19-6-5-7-20(16-19)36-17-25(31)30-12-10-29(11-13-30)24-9-8-21(27-28-24)18-14-22(33-2)26(35-4)23(15-18)34-3/h5-9,14-16H,10-13,17H2,1-4H3. The molecule has 0 unspecified atom stereocenters. The second kappa shape index (κ2) is 11.5. The van der Waals surface area contributed by atoms with Gasteiger partial charge in [-0.1, -0.05) is 6.07 Å². The van der Waals surface area contributed by atoms with Crippen LogP contribution in [0.15, 0.2) is 48.5 Å². The summed E-state index contributed by atoms with van der Waals surface area (Å²) in [5.74, 6) is 3.61. The number of rotatable bonds is 9. The molecule has 190 valence electrons. The van der Waals surface area contributed by atoms with Gasteiger partial charge in [0.1, 0.15) is 11.5 Å². The zero-order valence-corrected chi connectivity index (χ0v) is 20.9. The van der Waals surface area contributed by atoms with E-state index >= 15 is 0 Å². The highest BCUT2D eigenvalue weighted by Gasteiger charge is 2.23. The van der Waals surface area contributed by atoms with Crippen molar-refractivity contribution in [2.75, 3.05) is 66.1 Å². The predicted molar refractivity (Wildman–Crippen MR) is 134 cm³/mol. The highest BCUT2D eigenvalue weighted by atomic mass is 16.5. The number of aromatic nitrogens is 2. The Morgan fingerprint density at radius 3 is 2.08 bits per heavy atom. The molecule has 10 heteroatoms. The lowest BCUT2D eigenvalue weighted by Crippen LogP contribution is -2.50. The molecule has 2 aromatic carbocycles. The second-order valence-electron chi connectivity index (χ2n) is 8.03. The summed E-state index contributed by atoms with van der Waals surface area (Å²) >= 11 is 0. The largest absolute Gasteiger partial charge is 0.497 e. The molecule has 10 nitrogen and oxygen atoms in total. The number of anilines is 1. The summed E-state index contributed by atoms with van der Waals surface area (Å²) in [6.07, 6.45) is 0. The van der Waals surface area contributed by atoms with Crippen LogP contribution >= 0.6 is 0 Å². The van der Waals surface area contributed by atoms with E-state index in [0.29, 0.717) is 60.6 Å². The zero-order valence-electron chi connectivity index (χ0n) is 20.9. The van der Waals surface area contributed by atoms with Gasteiger partial charge in [-0.3, -0.25) is 4.79 Å². The first-order valence-electron chi connectivity index (χ1n) is 11.5. The van der Waals surface area contributed by atoms with Crippen LogP contribution < -0.4 is 28.6 Å². The molecule has 3 aromatic rings. The summed E-state index contributed by atoms with van der Waals surface area (Å²) in [6, 6.07) is 14.7. The van der Waals surface area contributed by atoms with E-state index in [2.05, 4.69) is 15.1 Å². The first-order chi connectivity index (χ1) is 17.6. The van der Waals surface area contributed by atoms with Gasteiger partial charge in [-0.25, -0.2) is 0 Å². The van der Waals surface area contributed by atoms with Gasteiger partial charge in [0.2, 0.25) is 5.75 Å². The SMILES string of the molecule is COc1cccc(OCC(=O)N2CCN(c3ccc(-c4cc(OC)c(OC)c(OC)c4)nn3)CC2)c1. The van der Waals surface area contributed by atoms with E-state index in [4.69, 9.17) is 23.7 Å². The molecule has 0 atom stereocenters. The number of hydrogen-bond donors (Lipinski definition) is 0. The molecule has 1 aromatic heterocycles. The van der Waals surface area contributed by atoms with Gasteiger partial charge in [-0.15, -0.1) is 10.2 Å². The lowest BCUT2D eigenvalue weighted by Gasteiger charge is -2.35. The fourth-order valence-electron chi connectivity index (χ4n) is 3.99. The summed E-state index contributed by atoms with van der Waals surface area (Å²) in [5, 5.41) is 8.82. The van der Waals surface area contributed by atoms with Crippen molar-refractivity contribution in [1.29, 1.82) is 0 Å². The lowest BCUT2D eigenvalue weighted by atomic mass is 10.1. The maximum absolute atomic E-state index is 12.6. The average molecular weight is 495 g/mol. The number of hydrogen-bond acceptors (Lipinski definition) is 9. The third-order valence-electron chi connectivity index (χ3n) is 5.97. The molecule has 2 heterocycles. The van der Waals surface area contributed by atoms with Crippen LogP contribution in [0.2, 0.25) is 0 Å². The molecule has 0 aliphatic carbocycles. The summed E-state index contributed by atoms with van der Waals surface area (Å²) in [7, 11) is 6.31. The number of benzene rings is 2. The van der Waals surface area contributed by atoms with Crippen LogP contribution in [0.5, 0.6) is 28.7 Å². The van der Waals surface area contributed by atoms with Crippen LogP contribution in [-0.2, 0) is 4.79 Å². The smallest absolute Gasteiger partial charge is 0.260 e. The molecule has 0 spiro atoms. The van der Waals surface area contributed by atoms with Crippen molar-refractivity contribution >= 4 is 11.7 Å². The Bertz CT molecular complexity index is 1150. The van der Waals surface area contributed by atoms with E-state index in [9.17, 15) is 4.79 Å². The number of nitrogens with zero attached hydrogens (tertiary/aromatic N) is 4. The van der Waals surface area contributed by atoms with Crippen LogP contribution in [0.3, 0.4) is 0 Å². The Labute approximate surface area is 210 Å². The highest BCUT2D eigenvalue weighted by molar-refractivity contribution is 5.78. The first kappa shape index (κ1) is 24.9. The lowest BCUT2D eigenvalue weighted by molar-refractivity contribution is -0.133. The van der Waals surface area contributed by atoms with Gasteiger partial charge in [-0.2, -0.15) is 0 Å².